The maximum absolute atomic E-state index is 11.2. The van der Waals surface area contributed by atoms with Gasteiger partial charge in [-0.05, 0) is 24.3 Å². The van der Waals surface area contributed by atoms with Gasteiger partial charge in [0.05, 0.1) is 0 Å². The smallest absolute Gasteiger partial charge is 0.225 e. The summed E-state index contributed by atoms with van der Waals surface area (Å²) in [6.45, 7) is 1.82. The molecule has 15 heavy (non-hydrogen) atoms. The first-order valence-corrected chi connectivity index (χ1v) is 4.87. The Bertz CT molecular complexity index is 502. The fraction of sp³-hybridized carbons (Fsp3) is 0.182. The number of carbonyl (C=O) groups is 1. The highest BCUT2D eigenvalue weighted by molar-refractivity contribution is 5.94. The summed E-state index contributed by atoms with van der Waals surface area (Å²) >= 11 is 0. The molecule has 2 rings (SSSR count). The van der Waals surface area contributed by atoms with Crippen LogP contribution in [0.3, 0.4) is 0 Å². The minimum atomic E-state index is -0.00507. The van der Waals surface area contributed by atoms with E-state index in [0.29, 0.717) is 12.2 Å². The molecule has 0 aliphatic carbocycles. The summed E-state index contributed by atoms with van der Waals surface area (Å²) in [4.78, 5) is 14.3. The molecule has 1 aromatic heterocycles. The number of anilines is 2. The molecule has 4 nitrogen and oxygen atoms in total. The van der Waals surface area contributed by atoms with Gasteiger partial charge in [-0.15, -0.1) is 0 Å². The highest BCUT2D eigenvalue weighted by atomic mass is 16.1. The van der Waals surface area contributed by atoms with Crippen LogP contribution in [-0.2, 0) is 4.79 Å². The van der Waals surface area contributed by atoms with E-state index in [1.54, 1.807) is 0 Å². The largest absolute Gasteiger partial charge is 0.399 e. The van der Waals surface area contributed by atoms with Crippen molar-refractivity contribution in [2.75, 3.05) is 11.1 Å². The van der Waals surface area contributed by atoms with Crippen LogP contribution < -0.4 is 11.1 Å². The van der Waals surface area contributed by atoms with Gasteiger partial charge in [0.25, 0.3) is 0 Å². The van der Waals surface area contributed by atoms with Crippen molar-refractivity contribution < 1.29 is 4.79 Å². The number of fused-ring (bicyclic) bond motifs is 1. The zero-order chi connectivity index (χ0) is 10.8. The van der Waals surface area contributed by atoms with Crippen molar-refractivity contribution in [3.8, 4) is 0 Å². The molecule has 1 aromatic carbocycles. The maximum atomic E-state index is 11.2. The first kappa shape index (κ1) is 9.58. The summed E-state index contributed by atoms with van der Waals surface area (Å²) in [5.41, 5.74) is 7.34. The van der Waals surface area contributed by atoms with Gasteiger partial charge >= 0.3 is 0 Å². The number of nitrogens with two attached hydrogens (primary N) is 1. The molecule has 78 valence electrons. The van der Waals surface area contributed by atoms with Crippen molar-refractivity contribution in [2.24, 2.45) is 0 Å². The monoisotopic (exact) mass is 203 g/mol. The van der Waals surface area contributed by atoms with Crippen molar-refractivity contribution in [3.63, 3.8) is 0 Å². The van der Waals surface area contributed by atoms with Gasteiger partial charge in [0.15, 0.2) is 0 Å². The first-order chi connectivity index (χ1) is 7.19. The Kier molecular flexibility index (Phi) is 2.33. The second-order valence-corrected chi connectivity index (χ2v) is 3.43. The Morgan fingerprint density at radius 2 is 2.27 bits per heavy atom. The van der Waals surface area contributed by atoms with Crippen LogP contribution >= 0.6 is 0 Å². The number of aromatic amines is 1. The fourth-order valence-electron chi connectivity index (χ4n) is 1.46. The zero-order valence-corrected chi connectivity index (χ0v) is 8.50. The number of amides is 1. The van der Waals surface area contributed by atoms with Crippen molar-refractivity contribution in [3.05, 3.63) is 24.3 Å². The van der Waals surface area contributed by atoms with Gasteiger partial charge in [0.1, 0.15) is 5.82 Å². The number of hydrogen-bond donors (Lipinski definition) is 3. The van der Waals surface area contributed by atoms with Crippen LogP contribution in [-0.4, -0.2) is 10.9 Å². The number of aromatic nitrogens is 1. The quantitative estimate of drug-likeness (QED) is 0.654. The molecule has 4 heteroatoms. The molecule has 1 amide bonds. The Morgan fingerprint density at radius 3 is 3.00 bits per heavy atom. The topological polar surface area (TPSA) is 70.9 Å². The Balaban J connectivity index is 2.34. The molecular weight excluding hydrogens is 190 g/mol. The number of hydrogen-bond acceptors (Lipinski definition) is 2. The lowest BCUT2D eigenvalue weighted by Gasteiger charge is -1.97. The van der Waals surface area contributed by atoms with E-state index in [-0.39, 0.29) is 5.91 Å². The van der Waals surface area contributed by atoms with E-state index in [9.17, 15) is 4.79 Å². The van der Waals surface area contributed by atoms with Crippen LogP contribution in [0.25, 0.3) is 10.9 Å². The van der Waals surface area contributed by atoms with Crippen LogP contribution in [0.4, 0.5) is 11.5 Å². The number of benzene rings is 1. The van der Waals surface area contributed by atoms with E-state index < -0.39 is 0 Å². The minimum Gasteiger partial charge on any atom is -0.399 e. The van der Waals surface area contributed by atoms with E-state index in [4.69, 9.17) is 5.73 Å². The van der Waals surface area contributed by atoms with Gasteiger partial charge in [-0.3, -0.25) is 4.79 Å². The molecule has 1 heterocycles. The van der Waals surface area contributed by atoms with Crippen molar-refractivity contribution in [1.29, 1.82) is 0 Å². The van der Waals surface area contributed by atoms with Crippen LogP contribution in [0.5, 0.6) is 0 Å². The van der Waals surface area contributed by atoms with Gasteiger partial charge in [-0.2, -0.15) is 0 Å². The highest BCUT2D eigenvalue weighted by Gasteiger charge is 2.03. The van der Waals surface area contributed by atoms with Gasteiger partial charge in [-0.25, -0.2) is 0 Å². The summed E-state index contributed by atoms with van der Waals surface area (Å²) in [7, 11) is 0. The Hall–Kier alpha value is -1.97. The third-order valence-electron chi connectivity index (χ3n) is 2.24. The summed E-state index contributed by atoms with van der Waals surface area (Å²) in [5, 5.41) is 3.77. The SMILES string of the molecule is CCC(=O)Nc1cc2cc(N)ccc2[nH]1. The minimum absolute atomic E-state index is 0.00507. The van der Waals surface area contributed by atoms with Crippen LogP contribution in [0.1, 0.15) is 13.3 Å². The molecule has 0 fully saturated rings. The van der Waals surface area contributed by atoms with E-state index >= 15 is 0 Å². The molecule has 0 saturated carbocycles. The Labute approximate surface area is 87.5 Å². The molecule has 0 spiro atoms. The molecule has 0 radical (unpaired) electrons. The number of nitrogens with one attached hydrogen (secondary N) is 2. The third kappa shape index (κ3) is 1.93. The molecule has 4 N–H and O–H groups in total. The van der Waals surface area contributed by atoms with E-state index in [1.807, 2.05) is 31.2 Å². The first-order valence-electron chi connectivity index (χ1n) is 4.87. The number of carbonyl (C=O) groups excluding carboxylic acids is 1. The van der Waals surface area contributed by atoms with E-state index in [2.05, 4.69) is 10.3 Å². The second-order valence-electron chi connectivity index (χ2n) is 3.43. The number of nitrogen functional groups attached to an aromatic ring is 1. The molecule has 0 bridgehead atoms. The van der Waals surface area contributed by atoms with E-state index in [0.717, 1.165) is 16.6 Å². The summed E-state index contributed by atoms with van der Waals surface area (Å²) in [5.74, 6) is 0.706. The molecule has 0 unspecified atom stereocenters. The molecule has 0 aliphatic heterocycles. The fourth-order valence-corrected chi connectivity index (χ4v) is 1.46. The van der Waals surface area contributed by atoms with Gasteiger partial charge in [-0.1, -0.05) is 6.92 Å². The zero-order valence-electron chi connectivity index (χ0n) is 8.50. The Morgan fingerprint density at radius 1 is 1.47 bits per heavy atom. The third-order valence-corrected chi connectivity index (χ3v) is 2.24. The predicted octanol–water partition coefficient (Wildman–Crippen LogP) is 2.10. The standard InChI is InChI=1S/C11H13N3O/c1-2-11(15)14-10-6-7-5-8(12)3-4-9(7)13-10/h3-6,13H,2,12H2,1H3,(H,14,15). The second kappa shape index (κ2) is 3.65. The average Bonchev–Trinajstić information content (AvgIpc) is 2.59. The average molecular weight is 203 g/mol. The number of H-pyrrole nitrogens is 1. The predicted molar refractivity (Wildman–Crippen MR) is 61.6 cm³/mol. The van der Waals surface area contributed by atoms with Gasteiger partial charge in [0.2, 0.25) is 5.91 Å². The molecule has 0 saturated heterocycles. The van der Waals surface area contributed by atoms with Crippen molar-refractivity contribution in [1.82, 2.24) is 4.98 Å². The lowest BCUT2D eigenvalue weighted by molar-refractivity contribution is -0.115. The van der Waals surface area contributed by atoms with Gasteiger partial charge < -0.3 is 16.0 Å². The van der Waals surface area contributed by atoms with Crippen LogP contribution in [0, 0.1) is 0 Å². The maximum Gasteiger partial charge on any atom is 0.225 e. The highest BCUT2D eigenvalue weighted by Crippen LogP contribution is 2.20. The lowest BCUT2D eigenvalue weighted by Crippen LogP contribution is -2.09. The van der Waals surface area contributed by atoms with Crippen LogP contribution in [0.2, 0.25) is 0 Å². The molecule has 2 aromatic rings. The van der Waals surface area contributed by atoms with E-state index in [1.165, 1.54) is 0 Å². The normalized spacial score (nSPS) is 10.5. The summed E-state index contributed by atoms with van der Waals surface area (Å²) in [6.07, 6.45) is 0.470. The van der Waals surface area contributed by atoms with Crippen molar-refractivity contribution >= 4 is 28.3 Å². The van der Waals surface area contributed by atoms with Crippen molar-refractivity contribution in [2.45, 2.75) is 13.3 Å². The van der Waals surface area contributed by atoms with Crippen LogP contribution in [0.15, 0.2) is 24.3 Å². The molecule has 0 aliphatic rings. The molecular formula is C11H13N3O. The molecule has 0 atom stereocenters. The lowest BCUT2D eigenvalue weighted by atomic mass is 10.2. The summed E-state index contributed by atoms with van der Waals surface area (Å²) in [6, 6.07) is 7.46. The summed E-state index contributed by atoms with van der Waals surface area (Å²) < 4.78 is 0. The number of rotatable bonds is 2. The van der Waals surface area contributed by atoms with Gasteiger partial charge in [0, 0.05) is 23.0 Å².